The minimum absolute atomic E-state index is 0.118. The van der Waals surface area contributed by atoms with Crippen LogP contribution in [0.3, 0.4) is 0 Å². The Bertz CT molecular complexity index is 693. The van der Waals surface area contributed by atoms with E-state index in [9.17, 15) is 4.79 Å². The highest BCUT2D eigenvalue weighted by Crippen LogP contribution is 2.30. The lowest BCUT2D eigenvalue weighted by atomic mass is 10.1. The molecule has 4 nitrogen and oxygen atoms in total. The molecule has 0 aliphatic carbocycles. The Morgan fingerprint density at radius 3 is 2.75 bits per heavy atom. The fourth-order valence-electron chi connectivity index (χ4n) is 2.43. The molecule has 1 aromatic heterocycles. The molecule has 5 heteroatoms. The van der Waals surface area contributed by atoms with Gasteiger partial charge in [-0.15, -0.1) is 11.6 Å². The summed E-state index contributed by atoms with van der Waals surface area (Å²) in [5.41, 5.74) is 0.0272. The highest BCUT2D eigenvalue weighted by atomic mass is 35.5. The Kier molecular flexibility index (Phi) is 6.16. The van der Waals surface area contributed by atoms with Crippen molar-refractivity contribution in [1.82, 2.24) is 4.57 Å². The van der Waals surface area contributed by atoms with Crippen LogP contribution < -0.4 is 4.74 Å². The number of nitrogens with zero attached hydrogens (tertiary/aromatic N) is 1. The number of hydrogen-bond donors (Lipinski definition) is 0. The topological polar surface area (TPSA) is 40.5 Å². The lowest BCUT2D eigenvalue weighted by Gasteiger charge is -2.26. The van der Waals surface area contributed by atoms with Crippen LogP contribution in [0.2, 0.25) is 0 Å². The maximum atomic E-state index is 12.4. The van der Waals surface area contributed by atoms with Gasteiger partial charge < -0.3 is 14.0 Å². The van der Waals surface area contributed by atoms with E-state index in [0.29, 0.717) is 11.6 Å². The molecule has 0 aliphatic heterocycles. The van der Waals surface area contributed by atoms with E-state index in [1.807, 2.05) is 44.3 Å². The van der Waals surface area contributed by atoms with Crippen LogP contribution in [-0.2, 0) is 16.1 Å². The number of carbonyl (C=O) groups excluding carboxylic acids is 1. The fourth-order valence-corrected chi connectivity index (χ4v) is 2.55. The smallest absolute Gasteiger partial charge is 0.350 e. The summed E-state index contributed by atoms with van der Waals surface area (Å²) in [7, 11) is 0. The molecule has 0 fully saturated rings. The monoisotopic (exact) mass is 351 g/mol. The largest absolute Gasteiger partial charge is 0.475 e. The Balaban J connectivity index is 2.22. The number of benzene rings is 1. The third kappa shape index (κ3) is 4.23. The van der Waals surface area contributed by atoms with Gasteiger partial charge in [-0.25, -0.2) is 4.79 Å². The number of halogens is 1. The Hall–Kier alpha value is -1.68. The fraction of sp³-hybridized carbons (Fsp3) is 0.526. The summed E-state index contributed by atoms with van der Waals surface area (Å²) in [4.78, 5) is 12.4. The third-order valence-corrected chi connectivity index (χ3v) is 4.31. The molecule has 0 bridgehead atoms. The summed E-state index contributed by atoms with van der Waals surface area (Å²) in [5.74, 6) is 0.961. The second-order valence-corrected chi connectivity index (χ2v) is 6.86. The Morgan fingerprint density at radius 1 is 1.33 bits per heavy atom. The number of fused-ring (bicyclic) bond motifs is 1. The van der Waals surface area contributed by atoms with Gasteiger partial charge in [0, 0.05) is 24.0 Å². The van der Waals surface area contributed by atoms with E-state index in [4.69, 9.17) is 21.1 Å². The molecule has 2 rings (SSSR count). The number of ether oxygens (including phenoxy) is 2. The van der Waals surface area contributed by atoms with E-state index < -0.39 is 5.60 Å². The SMILES string of the molecule is CCC(C)OC(=O)C(C)(C)Oc1cccc2c1ccn2CCCCl. The molecular weight excluding hydrogens is 326 g/mol. The average Bonchev–Trinajstić information content (AvgIpc) is 2.96. The number of hydrogen-bond acceptors (Lipinski definition) is 3. The molecule has 24 heavy (non-hydrogen) atoms. The van der Waals surface area contributed by atoms with Crippen molar-refractivity contribution in [1.29, 1.82) is 0 Å². The minimum atomic E-state index is -1.05. The zero-order chi connectivity index (χ0) is 17.7. The first-order valence-corrected chi connectivity index (χ1v) is 8.96. The van der Waals surface area contributed by atoms with Crippen molar-refractivity contribution in [2.75, 3.05) is 5.88 Å². The summed E-state index contributed by atoms with van der Waals surface area (Å²) in [6.07, 6.45) is 3.59. The summed E-state index contributed by atoms with van der Waals surface area (Å²) in [5, 5.41) is 0.983. The van der Waals surface area contributed by atoms with Gasteiger partial charge in [0.1, 0.15) is 5.75 Å². The van der Waals surface area contributed by atoms with Crippen LogP contribution in [0.25, 0.3) is 10.9 Å². The predicted octanol–water partition coefficient (Wildman–Crippen LogP) is 4.77. The van der Waals surface area contributed by atoms with Crippen LogP contribution >= 0.6 is 11.6 Å². The van der Waals surface area contributed by atoms with Gasteiger partial charge >= 0.3 is 5.97 Å². The van der Waals surface area contributed by atoms with Gasteiger partial charge in [-0.3, -0.25) is 0 Å². The summed E-state index contributed by atoms with van der Waals surface area (Å²) in [6.45, 7) is 8.19. The Labute approximate surface area is 148 Å². The van der Waals surface area contributed by atoms with Crippen LogP contribution in [-0.4, -0.2) is 28.1 Å². The maximum Gasteiger partial charge on any atom is 0.350 e. The summed E-state index contributed by atoms with van der Waals surface area (Å²) in [6, 6.07) is 7.87. The van der Waals surface area contributed by atoms with E-state index in [1.165, 1.54) is 0 Å². The molecule has 0 saturated carbocycles. The normalized spacial score (nSPS) is 13.0. The molecule has 1 heterocycles. The van der Waals surface area contributed by atoms with Crippen molar-refractivity contribution in [3.63, 3.8) is 0 Å². The number of aromatic nitrogens is 1. The minimum Gasteiger partial charge on any atom is -0.475 e. The van der Waals surface area contributed by atoms with Crippen LogP contribution in [0.1, 0.15) is 40.5 Å². The molecule has 2 aromatic rings. The van der Waals surface area contributed by atoms with Gasteiger partial charge in [-0.2, -0.15) is 0 Å². The van der Waals surface area contributed by atoms with E-state index in [-0.39, 0.29) is 12.1 Å². The van der Waals surface area contributed by atoms with Crippen molar-refractivity contribution in [2.45, 2.75) is 58.8 Å². The van der Waals surface area contributed by atoms with Crippen LogP contribution in [0.4, 0.5) is 0 Å². The maximum absolute atomic E-state index is 12.4. The first kappa shape index (κ1) is 18.7. The lowest BCUT2D eigenvalue weighted by molar-refractivity contribution is -0.164. The van der Waals surface area contributed by atoms with Crippen molar-refractivity contribution in [3.05, 3.63) is 30.5 Å². The van der Waals surface area contributed by atoms with E-state index >= 15 is 0 Å². The number of aryl methyl sites for hydroxylation is 1. The van der Waals surface area contributed by atoms with Crippen molar-refractivity contribution >= 4 is 28.5 Å². The molecule has 0 amide bonds. The molecule has 0 aliphatic rings. The second-order valence-electron chi connectivity index (χ2n) is 6.48. The Morgan fingerprint density at radius 2 is 2.08 bits per heavy atom. The molecular formula is C19H26ClNO3. The molecule has 0 N–H and O–H groups in total. The second kappa shape index (κ2) is 7.93. The first-order chi connectivity index (χ1) is 11.4. The van der Waals surface area contributed by atoms with E-state index in [1.54, 1.807) is 13.8 Å². The van der Waals surface area contributed by atoms with Gasteiger partial charge in [0.2, 0.25) is 0 Å². The van der Waals surface area contributed by atoms with Gasteiger partial charge in [0.25, 0.3) is 0 Å². The molecule has 0 spiro atoms. The number of rotatable bonds is 8. The molecule has 0 saturated heterocycles. The van der Waals surface area contributed by atoms with E-state index in [2.05, 4.69) is 4.57 Å². The van der Waals surface area contributed by atoms with Crippen molar-refractivity contribution < 1.29 is 14.3 Å². The molecule has 0 radical (unpaired) electrons. The van der Waals surface area contributed by atoms with Crippen LogP contribution in [0, 0.1) is 0 Å². The van der Waals surface area contributed by atoms with Crippen molar-refractivity contribution in [3.8, 4) is 5.75 Å². The summed E-state index contributed by atoms with van der Waals surface area (Å²) < 4.78 is 13.6. The average molecular weight is 352 g/mol. The molecule has 132 valence electrons. The number of alkyl halides is 1. The predicted molar refractivity (Wildman–Crippen MR) is 97.8 cm³/mol. The highest BCUT2D eigenvalue weighted by molar-refractivity contribution is 6.17. The highest BCUT2D eigenvalue weighted by Gasteiger charge is 2.33. The standard InChI is InChI=1S/C19H26ClNO3/c1-5-14(2)23-18(22)19(3,4)24-17-9-6-8-16-15(17)10-13-21(16)12-7-11-20/h6,8-10,13-14H,5,7,11-12H2,1-4H3. The van der Waals surface area contributed by atoms with Crippen LogP contribution in [0.5, 0.6) is 5.75 Å². The van der Waals surface area contributed by atoms with Gasteiger partial charge in [0.05, 0.1) is 11.6 Å². The molecule has 1 atom stereocenters. The molecule has 1 aromatic carbocycles. The lowest BCUT2D eigenvalue weighted by Crippen LogP contribution is -2.41. The molecule has 1 unspecified atom stereocenters. The number of esters is 1. The third-order valence-electron chi connectivity index (χ3n) is 4.05. The quantitative estimate of drug-likeness (QED) is 0.508. The zero-order valence-electron chi connectivity index (χ0n) is 14.8. The summed E-state index contributed by atoms with van der Waals surface area (Å²) >= 11 is 5.79. The van der Waals surface area contributed by atoms with Crippen LogP contribution in [0.15, 0.2) is 30.5 Å². The van der Waals surface area contributed by atoms with Gasteiger partial charge in [0.15, 0.2) is 5.60 Å². The van der Waals surface area contributed by atoms with Gasteiger partial charge in [-0.1, -0.05) is 13.0 Å². The number of carbonyl (C=O) groups is 1. The van der Waals surface area contributed by atoms with E-state index in [0.717, 1.165) is 30.3 Å². The van der Waals surface area contributed by atoms with Gasteiger partial charge in [-0.05, 0) is 51.8 Å². The zero-order valence-corrected chi connectivity index (χ0v) is 15.6. The van der Waals surface area contributed by atoms with Crippen molar-refractivity contribution in [2.24, 2.45) is 0 Å². The first-order valence-electron chi connectivity index (χ1n) is 8.43.